The number of anilines is 1. The summed E-state index contributed by atoms with van der Waals surface area (Å²) in [6, 6.07) is 2.40. The molecule has 2 N–H and O–H groups in total. The zero-order valence-electron chi connectivity index (χ0n) is 13.4. The van der Waals surface area contributed by atoms with Crippen molar-refractivity contribution in [2.24, 2.45) is 11.7 Å². The maximum atomic E-state index is 6.24. The van der Waals surface area contributed by atoms with Crippen LogP contribution < -0.4 is 10.6 Å². The van der Waals surface area contributed by atoms with Gasteiger partial charge in [-0.05, 0) is 25.2 Å². The van der Waals surface area contributed by atoms with Crippen molar-refractivity contribution < 1.29 is 0 Å². The first-order valence-corrected chi connectivity index (χ1v) is 7.37. The van der Waals surface area contributed by atoms with E-state index in [1.165, 1.54) is 12.8 Å². The summed E-state index contributed by atoms with van der Waals surface area (Å²) in [5.41, 5.74) is 7.36. The van der Waals surface area contributed by atoms with E-state index in [2.05, 4.69) is 41.7 Å². The van der Waals surface area contributed by atoms with Crippen LogP contribution in [0.5, 0.6) is 0 Å². The summed E-state index contributed by atoms with van der Waals surface area (Å²) in [5, 5.41) is 0. The molecule has 0 aliphatic carbocycles. The Morgan fingerprint density at radius 1 is 1.29 bits per heavy atom. The lowest BCUT2D eigenvalue weighted by molar-refractivity contribution is 0.472. The molecule has 2 atom stereocenters. The molecule has 1 aliphatic heterocycles. The highest BCUT2D eigenvalue weighted by Crippen LogP contribution is 2.26. The normalized spacial score (nSPS) is 21.1. The number of halogens is 2. The third kappa shape index (κ3) is 4.97. The van der Waals surface area contributed by atoms with Crippen LogP contribution in [-0.2, 0) is 0 Å². The third-order valence-corrected chi connectivity index (χ3v) is 3.91. The fourth-order valence-corrected chi connectivity index (χ4v) is 2.79. The summed E-state index contributed by atoms with van der Waals surface area (Å²) < 4.78 is 0. The highest BCUT2D eigenvalue weighted by Gasteiger charge is 2.30. The Kier molecular flexibility index (Phi) is 8.52. The third-order valence-electron chi connectivity index (χ3n) is 3.91. The van der Waals surface area contributed by atoms with Crippen LogP contribution in [0, 0.1) is 12.8 Å². The molecular weight excluding hydrogens is 307 g/mol. The largest absolute Gasteiger partial charge is 0.355 e. The smallest absolute Gasteiger partial charge is 0.132 e. The summed E-state index contributed by atoms with van der Waals surface area (Å²) in [4.78, 5) is 11.4. The standard InChI is InChI=1S/C15H26N4.2ClH/c1-5-6-12-8-19(9-13(12)16)15-7-14(10(2)3)17-11(4)18-15;;/h7,10,12-13H,5-6,8-9,16H2,1-4H3;2*1H/t12-,13-;;/m0../s1. The number of hydrogen-bond acceptors (Lipinski definition) is 4. The van der Waals surface area contributed by atoms with E-state index in [0.717, 1.165) is 30.4 Å². The van der Waals surface area contributed by atoms with Gasteiger partial charge >= 0.3 is 0 Å². The maximum absolute atomic E-state index is 6.24. The predicted octanol–water partition coefficient (Wildman–Crippen LogP) is 3.32. The van der Waals surface area contributed by atoms with Crippen LogP contribution in [0.1, 0.15) is 51.0 Å². The van der Waals surface area contributed by atoms with E-state index in [1.807, 2.05) is 6.92 Å². The Morgan fingerprint density at radius 3 is 2.52 bits per heavy atom. The van der Waals surface area contributed by atoms with Gasteiger partial charge in [-0.15, -0.1) is 24.8 Å². The number of nitrogens with two attached hydrogens (primary N) is 1. The monoisotopic (exact) mass is 334 g/mol. The topological polar surface area (TPSA) is 55.0 Å². The van der Waals surface area contributed by atoms with Gasteiger partial charge in [0.05, 0.1) is 0 Å². The fraction of sp³-hybridized carbons (Fsp3) is 0.733. The van der Waals surface area contributed by atoms with Crippen LogP contribution in [0.3, 0.4) is 0 Å². The Bertz CT molecular complexity index is 440. The predicted molar refractivity (Wildman–Crippen MR) is 93.9 cm³/mol. The lowest BCUT2D eigenvalue weighted by Gasteiger charge is -2.19. The van der Waals surface area contributed by atoms with Gasteiger partial charge in [0.1, 0.15) is 11.6 Å². The quantitative estimate of drug-likeness (QED) is 0.917. The van der Waals surface area contributed by atoms with Crippen LogP contribution in [0.25, 0.3) is 0 Å². The summed E-state index contributed by atoms with van der Waals surface area (Å²) in [5.74, 6) is 2.94. The zero-order valence-corrected chi connectivity index (χ0v) is 15.0. The van der Waals surface area contributed by atoms with E-state index in [4.69, 9.17) is 5.73 Å². The van der Waals surface area contributed by atoms with Gasteiger partial charge in [-0.2, -0.15) is 0 Å². The molecule has 0 radical (unpaired) electrons. The number of nitrogens with zero attached hydrogens (tertiary/aromatic N) is 3. The van der Waals surface area contributed by atoms with Gasteiger partial charge in [0.2, 0.25) is 0 Å². The minimum atomic E-state index is 0. The molecule has 0 spiro atoms. The molecule has 1 aromatic heterocycles. The van der Waals surface area contributed by atoms with Crippen molar-refractivity contribution in [2.45, 2.75) is 52.5 Å². The van der Waals surface area contributed by atoms with E-state index in [1.54, 1.807) is 0 Å². The summed E-state index contributed by atoms with van der Waals surface area (Å²) in [6.07, 6.45) is 2.41. The summed E-state index contributed by atoms with van der Waals surface area (Å²) >= 11 is 0. The van der Waals surface area contributed by atoms with Gasteiger partial charge in [0.15, 0.2) is 0 Å². The number of aromatic nitrogens is 2. The molecule has 1 aromatic rings. The van der Waals surface area contributed by atoms with Crippen molar-refractivity contribution in [3.05, 3.63) is 17.6 Å². The van der Waals surface area contributed by atoms with E-state index < -0.39 is 0 Å². The molecule has 0 amide bonds. The average molecular weight is 335 g/mol. The SMILES string of the molecule is CCC[C@H]1CN(c2cc(C(C)C)nc(C)n2)C[C@@H]1N.Cl.Cl. The molecule has 122 valence electrons. The van der Waals surface area contributed by atoms with Gasteiger partial charge in [-0.25, -0.2) is 9.97 Å². The minimum absolute atomic E-state index is 0. The van der Waals surface area contributed by atoms with Crippen molar-refractivity contribution in [1.82, 2.24) is 9.97 Å². The van der Waals surface area contributed by atoms with E-state index in [9.17, 15) is 0 Å². The van der Waals surface area contributed by atoms with E-state index in [0.29, 0.717) is 11.8 Å². The molecule has 6 heteroatoms. The molecule has 0 bridgehead atoms. The Labute approximate surface area is 140 Å². The fourth-order valence-electron chi connectivity index (χ4n) is 2.79. The summed E-state index contributed by atoms with van der Waals surface area (Å²) in [7, 11) is 0. The van der Waals surface area contributed by atoms with Crippen molar-refractivity contribution in [2.75, 3.05) is 18.0 Å². The van der Waals surface area contributed by atoms with Crippen LogP contribution >= 0.6 is 24.8 Å². The van der Waals surface area contributed by atoms with Crippen LogP contribution in [-0.4, -0.2) is 29.1 Å². The second-order valence-corrected chi connectivity index (χ2v) is 5.97. The highest BCUT2D eigenvalue weighted by molar-refractivity contribution is 5.85. The van der Waals surface area contributed by atoms with Crippen molar-refractivity contribution >= 4 is 30.6 Å². The molecule has 2 rings (SSSR count). The molecule has 21 heavy (non-hydrogen) atoms. The second-order valence-electron chi connectivity index (χ2n) is 5.97. The summed E-state index contributed by atoms with van der Waals surface area (Å²) in [6.45, 7) is 10.5. The lowest BCUT2D eigenvalue weighted by Crippen LogP contribution is -2.29. The van der Waals surface area contributed by atoms with Crippen LogP contribution in [0.15, 0.2) is 6.07 Å². The zero-order chi connectivity index (χ0) is 14.0. The first-order chi connectivity index (χ1) is 9.01. The van der Waals surface area contributed by atoms with Crippen molar-refractivity contribution in [3.8, 4) is 0 Å². The van der Waals surface area contributed by atoms with E-state index in [-0.39, 0.29) is 30.9 Å². The van der Waals surface area contributed by atoms with Gasteiger partial charge in [0, 0.05) is 30.9 Å². The minimum Gasteiger partial charge on any atom is -0.355 e. The Balaban J connectivity index is 0.00000200. The number of rotatable bonds is 4. The number of hydrogen-bond donors (Lipinski definition) is 1. The Hall–Kier alpha value is -0.580. The molecule has 2 heterocycles. The molecular formula is C15H28Cl2N4. The molecule has 4 nitrogen and oxygen atoms in total. The molecule has 0 aromatic carbocycles. The average Bonchev–Trinajstić information content (AvgIpc) is 2.71. The van der Waals surface area contributed by atoms with Gasteiger partial charge in [-0.1, -0.05) is 27.2 Å². The van der Waals surface area contributed by atoms with Gasteiger partial charge in [-0.3, -0.25) is 0 Å². The first-order valence-electron chi connectivity index (χ1n) is 7.37. The van der Waals surface area contributed by atoms with Crippen LogP contribution in [0.2, 0.25) is 0 Å². The highest BCUT2D eigenvalue weighted by atomic mass is 35.5. The maximum Gasteiger partial charge on any atom is 0.132 e. The molecule has 1 saturated heterocycles. The Morgan fingerprint density at radius 2 is 1.95 bits per heavy atom. The molecule has 0 saturated carbocycles. The number of aryl methyl sites for hydroxylation is 1. The molecule has 1 aliphatic rings. The molecule has 0 unspecified atom stereocenters. The van der Waals surface area contributed by atoms with Crippen molar-refractivity contribution in [1.29, 1.82) is 0 Å². The first kappa shape index (κ1) is 20.4. The van der Waals surface area contributed by atoms with Gasteiger partial charge in [0.25, 0.3) is 0 Å². The van der Waals surface area contributed by atoms with Crippen molar-refractivity contribution in [3.63, 3.8) is 0 Å². The molecule has 1 fully saturated rings. The van der Waals surface area contributed by atoms with Gasteiger partial charge < -0.3 is 10.6 Å². The second kappa shape index (κ2) is 8.76. The lowest BCUT2D eigenvalue weighted by atomic mass is 9.99. The van der Waals surface area contributed by atoms with E-state index >= 15 is 0 Å². The van der Waals surface area contributed by atoms with Crippen LogP contribution in [0.4, 0.5) is 5.82 Å².